The lowest BCUT2D eigenvalue weighted by molar-refractivity contribution is 0.330. The Morgan fingerprint density at radius 3 is 1.39 bits per heavy atom. The van der Waals surface area contributed by atoms with Crippen LogP contribution in [0.1, 0.15) is 47.2 Å². The Hall–Kier alpha value is -7.96. The molecule has 0 saturated heterocycles. The van der Waals surface area contributed by atoms with Crippen molar-refractivity contribution in [3.8, 4) is 73.3 Å². The average molecular weight is 806 g/mol. The minimum absolute atomic E-state index is 0.196. The van der Waals surface area contributed by atoms with Gasteiger partial charge in [-0.1, -0.05) is 135 Å². The molecule has 0 atom stereocenters. The molecule has 1 spiro atoms. The van der Waals surface area contributed by atoms with Gasteiger partial charge in [-0.25, -0.2) is 0 Å². The van der Waals surface area contributed by atoms with Crippen molar-refractivity contribution in [2.24, 2.45) is 0 Å². The Labute approximate surface area is 358 Å². The van der Waals surface area contributed by atoms with Gasteiger partial charge in [-0.15, -0.1) is 0 Å². The predicted molar refractivity (Wildman–Crippen MR) is 246 cm³/mol. The summed E-state index contributed by atoms with van der Waals surface area (Å²) in [6.45, 7) is 4.54. The van der Waals surface area contributed by atoms with E-state index in [0.29, 0.717) is 5.56 Å². The summed E-state index contributed by atoms with van der Waals surface area (Å²) in [5.74, 6) is -4.30. The molecule has 3 aliphatic carbocycles. The molecule has 0 fully saturated rings. The largest absolute Gasteiger partial charge is 0.504 e. The normalized spacial score (nSPS) is 14.2. The highest BCUT2D eigenvalue weighted by Crippen LogP contribution is 2.63. The van der Waals surface area contributed by atoms with E-state index in [2.05, 4.69) is 164 Å². The summed E-state index contributed by atoms with van der Waals surface area (Å²) < 4.78 is 0. The standard InChI is InChI=1S/C56H39NO5/c1-55(2)43-15-7-3-11-37(43)41-26-25-36(30-47(41)55)57(34-22-19-31(20-23-34)49-50(58)52(60)54(62)53(61)51(49)59)35-24-21-32-29-48-42(28-33(32)27-35)40-14-6-10-18-46(40)56(48)44-16-8-4-12-38(44)39-13-5-9-17-45(39)56/h3-30,58-62H,1-2H3. The summed E-state index contributed by atoms with van der Waals surface area (Å²) in [6.07, 6.45) is 0. The van der Waals surface area contributed by atoms with E-state index in [-0.39, 0.29) is 11.0 Å². The van der Waals surface area contributed by atoms with Crippen LogP contribution in [0.4, 0.5) is 17.1 Å². The van der Waals surface area contributed by atoms with Crippen LogP contribution >= 0.6 is 0 Å². The molecule has 0 heterocycles. The maximum absolute atomic E-state index is 10.8. The van der Waals surface area contributed by atoms with Crippen LogP contribution in [0.3, 0.4) is 0 Å². The summed E-state index contributed by atoms with van der Waals surface area (Å²) in [4.78, 5) is 2.21. The van der Waals surface area contributed by atoms with Crippen LogP contribution in [-0.4, -0.2) is 25.5 Å². The van der Waals surface area contributed by atoms with Crippen molar-refractivity contribution >= 4 is 27.8 Å². The van der Waals surface area contributed by atoms with Crippen LogP contribution < -0.4 is 4.90 Å². The van der Waals surface area contributed by atoms with E-state index in [1.807, 2.05) is 12.1 Å². The molecular formula is C56H39NO5. The second-order valence-electron chi connectivity index (χ2n) is 17.2. The van der Waals surface area contributed by atoms with Gasteiger partial charge in [0.1, 0.15) is 0 Å². The lowest BCUT2D eigenvalue weighted by Crippen LogP contribution is -2.25. The lowest BCUT2D eigenvalue weighted by atomic mass is 9.70. The molecule has 6 nitrogen and oxygen atoms in total. The first-order chi connectivity index (χ1) is 30.1. The van der Waals surface area contributed by atoms with E-state index in [1.54, 1.807) is 12.1 Å². The highest BCUT2D eigenvalue weighted by molar-refractivity contribution is 6.01. The number of nitrogens with zero attached hydrogens (tertiary/aromatic N) is 1. The van der Waals surface area contributed by atoms with E-state index in [1.165, 1.54) is 66.8 Å². The maximum Gasteiger partial charge on any atom is 0.208 e. The Kier molecular flexibility index (Phi) is 7.27. The second-order valence-corrected chi connectivity index (χ2v) is 17.2. The molecule has 0 bridgehead atoms. The van der Waals surface area contributed by atoms with Gasteiger partial charge in [-0.2, -0.15) is 0 Å². The highest BCUT2D eigenvalue weighted by atomic mass is 16.4. The molecule has 298 valence electrons. The highest BCUT2D eigenvalue weighted by Gasteiger charge is 2.51. The summed E-state index contributed by atoms with van der Waals surface area (Å²) >= 11 is 0. The van der Waals surface area contributed by atoms with Crippen LogP contribution in [0, 0.1) is 0 Å². The molecule has 62 heavy (non-hydrogen) atoms. The number of fused-ring (bicyclic) bond motifs is 14. The van der Waals surface area contributed by atoms with Crippen molar-refractivity contribution in [3.63, 3.8) is 0 Å². The molecule has 6 heteroatoms. The average Bonchev–Trinajstić information content (AvgIpc) is 3.85. The summed E-state index contributed by atoms with van der Waals surface area (Å²) in [7, 11) is 0. The molecular weight excluding hydrogens is 767 g/mol. The first kappa shape index (κ1) is 35.9. The zero-order chi connectivity index (χ0) is 42.2. The third-order valence-corrected chi connectivity index (χ3v) is 13.8. The fourth-order valence-corrected chi connectivity index (χ4v) is 11.0. The lowest BCUT2D eigenvalue weighted by Gasteiger charge is -2.31. The van der Waals surface area contributed by atoms with Gasteiger partial charge in [-0.05, 0) is 132 Å². The van der Waals surface area contributed by atoms with Gasteiger partial charge < -0.3 is 30.4 Å². The van der Waals surface area contributed by atoms with E-state index in [0.717, 1.165) is 27.8 Å². The quantitative estimate of drug-likeness (QED) is 0.0896. The fourth-order valence-electron chi connectivity index (χ4n) is 11.0. The van der Waals surface area contributed by atoms with E-state index in [4.69, 9.17) is 0 Å². The van der Waals surface area contributed by atoms with Gasteiger partial charge in [0.25, 0.3) is 0 Å². The summed E-state index contributed by atoms with van der Waals surface area (Å²) in [6, 6.07) is 60.3. The second kappa shape index (κ2) is 12.5. The Morgan fingerprint density at radius 1 is 0.339 bits per heavy atom. The SMILES string of the molecule is CC1(C)c2ccccc2-c2ccc(N(c3ccc(-c4c(O)c(O)c(O)c(O)c4O)cc3)c3ccc4cc5c(cc4c3)-c3ccccc3C53c4ccccc4-c4ccccc43)cc21. The first-order valence-electron chi connectivity index (χ1n) is 20.8. The third-order valence-electron chi connectivity index (χ3n) is 13.8. The molecule has 3 aliphatic rings. The van der Waals surface area contributed by atoms with Crippen molar-refractivity contribution in [2.75, 3.05) is 4.90 Å². The van der Waals surface area contributed by atoms with Gasteiger partial charge in [0.15, 0.2) is 11.5 Å². The predicted octanol–water partition coefficient (Wildman–Crippen LogP) is 13.2. The minimum atomic E-state index is -0.994. The van der Waals surface area contributed by atoms with Crippen molar-refractivity contribution in [2.45, 2.75) is 24.7 Å². The number of anilines is 3. The van der Waals surface area contributed by atoms with Crippen LogP contribution in [0.15, 0.2) is 170 Å². The molecule has 0 radical (unpaired) electrons. The zero-order valence-corrected chi connectivity index (χ0v) is 33.8. The topological polar surface area (TPSA) is 104 Å². The third kappa shape index (κ3) is 4.58. The van der Waals surface area contributed by atoms with Gasteiger partial charge in [0, 0.05) is 22.5 Å². The van der Waals surface area contributed by atoms with Crippen LogP contribution in [0.5, 0.6) is 28.7 Å². The van der Waals surface area contributed by atoms with E-state index in [9.17, 15) is 25.5 Å². The molecule has 0 unspecified atom stereocenters. The first-order valence-corrected chi connectivity index (χ1v) is 20.8. The van der Waals surface area contributed by atoms with E-state index >= 15 is 0 Å². The number of phenols is 5. The van der Waals surface area contributed by atoms with Crippen LogP contribution in [0.2, 0.25) is 0 Å². The molecule has 0 amide bonds. The fraction of sp³-hybridized carbons (Fsp3) is 0.0714. The molecule has 9 aromatic rings. The smallest absolute Gasteiger partial charge is 0.208 e. The van der Waals surface area contributed by atoms with Crippen molar-refractivity contribution in [1.82, 2.24) is 0 Å². The zero-order valence-electron chi connectivity index (χ0n) is 33.8. The molecule has 9 aromatic carbocycles. The summed E-state index contributed by atoms with van der Waals surface area (Å²) in [5, 5.41) is 54.5. The number of rotatable bonds is 4. The van der Waals surface area contributed by atoms with Crippen molar-refractivity contribution < 1.29 is 25.5 Å². The van der Waals surface area contributed by atoms with Crippen LogP contribution in [0.25, 0.3) is 55.3 Å². The molecule has 0 aromatic heterocycles. The van der Waals surface area contributed by atoms with Gasteiger partial charge in [-0.3, -0.25) is 0 Å². The minimum Gasteiger partial charge on any atom is -0.504 e. The van der Waals surface area contributed by atoms with Crippen molar-refractivity contribution in [1.29, 1.82) is 0 Å². The Balaban J connectivity index is 1.05. The number of aromatic hydroxyl groups is 5. The number of phenolic OH excluding ortho intramolecular Hbond substituents is 5. The molecule has 0 aliphatic heterocycles. The number of hydrogen-bond acceptors (Lipinski definition) is 6. The Morgan fingerprint density at radius 2 is 0.790 bits per heavy atom. The van der Waals surface area contributed by atoms with Crippen molar-refractivity contribution in [3.05, 3.63) is 203 Å². The van der Waals surface area contributed by atoms with E-state index < -0.39 is 34.2 Å². The number of benzene rings is 9. The van der Waals surface area contributed by atoms with Gasteiger partial charge in [0.05, 0.1) is 11.0 Å². The van der Waals surface area contributed by atoms with Crippen LogP contribution in [-0.2, 0) is 10.8 Å². The summed E-state index contributed by atoms with van der Waals surface area (Å²) in [5.41, 5.74) is 17.3. The monoisotopic (exact) mass is 805 g/mol. The maximum atomic E-state index is 10.8. The Bertz CT molecular complexity index is 3330. The van der Waals surface area contributed by atoms with Gasteiger partial charge >= 0.3 is 0 Å². The number of hydrogen-bond donors (Lipinski definition) is 5. The van der Waals surface area contributed by atoms with Gasteiger partial charge in [0.2, 0.25) is 17.2 Å². The molecule has 12 rings (SSSR count). The molecule has 0 saturated carbocycles. The molecule has 5 N–H and O–H groups in total.